The zero-order chi connectivity index (χ0) is 13.7. The van der Waals surface area contributed by atoms with Gasteiger partial charge in [-0.3, -0.25) is 19.7 Å². The molecule has 2 N–H and O–H groups in total. The van der Waals surface area contributed by atoms with Crippen molar-refractivity contribution in [3.63, 3.8) is 0 Å². The molecule has 2 rings (SSSR count). The van der Waals surface area contributed by atoms with Crippen LogP contribution < -0.4 is 15.4 Å². The average Bonchev–Trinajstić information content (AvgIpc) is 2.41. The van der Waals surface area contributed by atoms with Crippen LogP contribution in [0.3, 0.4) is 0 Å². The minimum Gasteiger partial charge on any atom is -0.484 e. The van der Waals surface area contributed by atoms with Gasteiger partial charge in [0.1, 0.15) is 11.8 Å². The molecule has 0 aliphatic carbocycles. The summed E-state index contributed by atoms with van der Waals surface area (Å²) >= 11 is 0. The van der Waals surface area contributed by atoms with E-state index in [4.69, 9.17) is 4.74 Å². The van der Waals surface area contributed by atoms with Crippen LogP contribution in [0.4, 0.5) is 0 Å². The lowest BCUT2D eigenvalue weighted by Gasteiger charge is -2.21. The zero-order valence-electron chi connectivity index (χ0n) is 10.2. The number of para-hydroxylation sites is 1. The molecule has 0 spiro atoms. The number of carbonyl (C=O) groups excluding carboxylic acids is 3. The lowest BCUT2D eigenvalue weighted by molar-refractivity contribution is -0.137. The number of nitrogens with one attached hydrogen (secondary N) is 2. The zero-order valence-corrected chi connectivity index (χ0v) is 10.2. The van der Waals surface area contributed by atoms with Crippen molar-refractivity contribution in [3.05, 3.63) is 30.3 Å². The van der Waals surface area contributed by atoms with Gasteiger partial charge in [0, 0.05) is 6.42 Å². The maximum atomic E-state index is 11.6. The van der Waals surface area contributed by atoms with E-state index >= 15 is 0 Å². The lowest BCUT2D eigenvalue weighted by atomic mass is 10.1. The normalized spacial score (nSPS) is 18.6. The van der Waals surface area contributed by atoms with Crippen LogP contribution in [0.5, 0.6) is 5.75 Å². The van der Waals surface area contributed by atoms with Gasteiger partial charge in [0.2, 0.25) is 11.8 Å². The largest absolute Gasteiger partial charge is 0.484 e. The van der Waals surface area contributed by atoms with Crippen molar-refractivity contribution in [2.24, 2.45) is 0 Å². The molecule has 1 atom stereocenters. The molecule has 1 fully saturated rings. The molecule has 0 saturated carbocycles. The minimum atomic E-state index is -0.662. The number of benzene rings is 1. The molecule has 1 saturated heterocycles. The summed E-state index contributed by atoms with van der Waals surface area (Å²) in [6, 6.07) is 8.25. The van der Waals surface area contributed by atoms with E-state index in [1.807, 2.05) is 6.07 Å². The smallest absolute Gasteiger partial charge is 0.258 e. The van der Waals surface area contributed by atoms with Gasteiger partial charge in [-0.2, -0.15) is 0 Å². The molecule has 1 aliphatic heterocycles. The number of hydrogen-bond donors (Lipinski definition) is 2. The molecule has 0 bridgehead atoms. The van der Waals surface area contributed by atoms with Crippen LogP contribution in [0.2, 0.25) is 0 Å². The molecule has 3 amide bonds. The van der Waals surface area contributed by atoms with E-state index in [-0.39, 0.29) is 18.9 Å². The van der Waals surface area contributed by atoms with Crippen molar-refractivity contribution in [2.75, 3.05) is 6.61 Å². The van der Waals surface area contributed by atoms with Crippen LogP contribution in [-0.4, -0.2) is 30.4 Å². The first-order valence-corrected chi connectivity index (χ1v) is 5.96. The molecule has 0 aromatic heterocycles. The average molecular weight is 262 g/mol. The lowest BCUT2D eigenvalue weighted by Crippen LogP contribution is -2.53. The number of imide groups is 1. The second kappa shape index (κ2) is 5.99. The van der Waals surface area contributed by atoms with Crippen LogP contribution in [0, 0.1) is 0 Å². The predicted octanol–water partition coefficient (Wildman–Crippen LogP) is -0.0132. The number of rotatable bonds is 4. The summed E-state index contributed by atoms with van der Waals surface area (Å²) < 4.78 is 5.26. The summed E-state index contributed by atoms with van der Waals surface area (Å²) in [6.07, 6.45) is 0.554. The van der Waals surface area contributed by atoms with Gasteiger partial charge in [-0.25, -0.2) is 0 Å². The van der Waals surface area contributed by atoms with Gasteiger partial charge in [0.15, 0.2) is 6.61 Å². The van der Waals surface area contributed by atoms with Crippen molar-refractivity contribution >= 4 is 17.7 Å². The van der Waals surface area contributed by atoms with E-state index in [0.29, 0.717) is 12.2 Å². The van der Waals surface area contributed by atoms with Gasteiger partial charge in [-0.05, 0) is 18.6 Å². The summed E-state index contributed by atoms with van der Waals surface area (Å²) in [4.78, 5) is 34.0. The Balaban J connectivity index is 1.78. The van der Waals surface area contributed by atoms with E-state index in [1.165, 1.54) is 0 Å². The third-order valence-corrected chi connectivity index (χ3v) is 2.69. The van der Waals surface area contributed by atoms with Gasteiger partial charge in [-0.15, -0.1) is 0 Å². The molecule has 1 aliphatic rings. The van der Waals surface area contributed by atoms with Crippen molar-refractivity contribution in [1.29, 1.82) is 0 Å². The Bertz CT molecular complexity index is 487. The fourth-order valence-corrected chi connectivity index (χ4v) is 1.73. The highest BCUT2D eigenvalue weighted by Gasteiger charge is 2.27. The number of amides is 3. The quantitative estimate of drug-likeness (QED) is 0.747. The van der Waals surface area contributed by atoms with Gasteiger partial charge in [-0.1, -0.05) is 18.2 Å². The fourth-order valence-electron chi connectivity index (χ4n) is 1.73. The predicted molar refractivity (Wildman–Crippen MR) is 66.3 cm³/mol. The molecule has 100 valence electrons. The molecule has 1 aromatic rings. The van der Waals surface area contributed by atoms with Crippen LogP contribution in [0.15, 0.2) is 30.3 Å². The van der Waals surface area contributed by atoms with Gasteiger partial charge in [0.05, 0.1) is 0 Å². The summed E-state index contributed by atoms with van der Waals surface area (Å²) in [5, 5.41) is 4.71. The van der Waals surface area contributed by atoms with Crippen molar-refractivity contribution in [1.82, 2.24) is 10.6 Å². The van der Waals surface area contributed by atoms with Crippen molar-refractivity contribution < 1.29 is 19.1 Å². The molecular weight excluding hydrogens is 248 g/mol. The van der Waals surface area contributed by atoms with Crippen molar-refractivity contribution in [2.45, 2.75) is 18.9 Å². The summed E-state index contributed by atoms with van der Waals surface area (Å²) in [5.41, 5.74) is 0. The number of piperidine rings is 1. The number of ether oxygens (including phenoxy) is 1. The highest BCUT2D eigenvalue weighted by molar-refractivity contribution is 6.01. The highest BCUT2D eigenvalue weighted by Crippen LogP contribution is 2.08. The summed E-state index contributed by atoms with van der Waals surface area (Å²) in [5.74, 6) is -0.584. The first-order valence-electron chi connectivity index (χ1n) is 5.96. The third kappa shape index (κ3) is 3.80. The van der Waals surface area contributed by atoms with Gasteiger partial charge in [0.25, 0.3) is 5.91 Å². The Hall–Kier alpha value is -2.37. The molecule has 19 heavy (non-hydrogen) atoms. The third-order valence-electron chi connectivity index (χ3n) is 2.69. The number of hydrogen-bond acceptors (Lipinski definition) is 4. The molecule has 6 nitrogen and oxygen atoms in total. The molecular formula is C13H14N2O4. The maximum absolute atomic E-state index is 11.6. The first-order chi connectivity index (χ1) is 9.15. The van der Waals surface area contributed by atoms with Crippen LogP contribution >= 0.6 is 0 Å². The van der Waals surface area contributed by atoms with E-state index < -0.39 is 17.9 Å². The Morgan fingerprint density at radius 2 is 2.05 bits per heavy atom. The van der Waals surface area contributed by atoms with Crippen LogP contribution in [0.25, 0.3) is 0 Å². The van der Waals surface area contributed by atoms with E-state index in [2.05, 4.69) is 10.6 Å². The second-order valence-corrected chi connectivity index (χ2v) is 4.17. The monoisotopic (exact) mass is 262 g/mol. The molecule has 6 heteroatoms. The molecule has 1 aromatic carbocycles. The van der Waals surface area contributed by atoms with E-state index in [9.17, 15) is 14.4 Å². The minimum absolute atomic E-state index is 0.165. The molecule has 1 unspecified atom stereocenters. The Morgan fingerprint density at radius 1 is 1.32 bits per heavy atom. The van der Waals surface area contributed by atoms with Gasteiger partial charge < -0.3 is 10.1 Å². The van der Waals surface area contributed by atoms with Crippen LogP contribution in [-0.2, 0) is 14.4 Å². The Labute approximate surface area is 110 Å². The Kier molecular flexibility index (Phi) is 4.12. The second-order valence-electron chi connectivity index (χ2n) is 4.17. The Morgan fingerprint density at radius 3 is 2.74 bits per heavy atom. The standard InChI is InChI=1S/C13H14N2O4/c16-11-7-6-10(13(18)15-11)14-12(17)8-19-9-4-2-1-3-5-9/h1-5,10H,6-8H2,(H,14,17)(H,15,16,18). The topological polar surface area (TPSA) is 84.5 Å². The van der Waals surface area contributed by atoms with Gasteiger partial charge >= 0.3 is 0 Å². The molecule has 0 radical (unpaired) electrons. The SMILES string of the molecule is O=C1CCC(NC(=O)COc2ccccc2)C(=O)N1. The maximum Gasteiger partial charge on any atom is 0.258 e. The van der Waals surface area contributed by atoms with Crippen molar-refractivity contribution in [3.8, 4) is 5.75 Å². The fraction of sp³-hybridized carbons (Fsp3) is 0.308. The van der Waals surface area contributed by atoms with E-state index in [1.54, 1.807) is 24.3 Å². The number of carbonyl (C=O) groups is 3. The van der Waals surface area contributed by atoms with Crippen LogP contribution in [0.1, 0.15) is 12.8 Å². The summed E-state index contributed by atoms with van der Waals surface area (Å²) in [7, 11) is 0. The molecule has 1 heterocycles. The van der Waals surface area contributed by atoms with E-state index in [0.717, 1.165) is 0 Å². The highest BCUT2D eigenvalue weighted by atomic mass is 16.5. The summed E-state index contributed by atoms with van der Waals surface area (Å²) in [6.45, 7) is -0.165. The first kappa shape index (κ1) is 13.1.